The van der Waals surface area contributed by atoms with Gasteiger partial charge in [-0.2, -0.15) is 0 Å². The van der Waals surface area contributed by atoms with Gasteiger partial charge in [-0.15, -0.1) is 0 Å². The average molecular weight is 183 g/mol. The summed E-state index contributed by atoms with van der Waals surface area (Å²) >= 11 is 0. The zero-order valence-corrected chi connectivity index (χ0v) is 9.17. The van der Waals surface area contributed by atoms with Gasteiger partial charge in [-0.25, -0.2) is 0 Å². The molecule has 0 aromatic carbocycles. The number of nitrogens with zero attached hydrogens (tertiary/aromatic N) is 2. The second-order valence-corrected chi connectivity index (χ2v) is 4.67. The average Bonchev–Trinajstić information content (AvgIpc) is 1.99. The fourth-order valence-corrected chi connectivity index (χ4v) is 1.95. The van der Waals surface area contributed by atoms with Crippen LogP contribution in [0.2, 0.25) is 0 Å². The summed E-state index contributed by atoms with van der Waals surface area (Å²) in [4.78, 5) is 6.30. The number of aliphatic imine (C=N–C) groups is 1. The Labute approximate surface area is 81.0 Å². The van der Waals surface area contributed by atoms with Crippen molar-refractivity contribution in [1.29, 1.82) is 0 Å². The van der Waals surface area contributed by atoms with Crippen LogP contribution in [0.15, 0.2) is 4.99 Å². The van der Waals surface area contributed by atoms with Crippen LogP contribution in [-0.4, -0.2) is 30.5 Å². The summed E-state index contributed by atoms with van der Waals surface area (Å²) in [6, 6.07) is 0.602. The monoisotopic (exact) mass is 183 g/mol. The molecule has 0 unspecified atom stereocenters. The van der Waals surface area contributed by atoms with Crippen LogP contribution in [0.5, 0.6) is 0 Å². The molecule has 2 N–H and O–H groups in total. The lowest BCUT2D eigenvalue weighted by Crippen LogP contribution is -2.51. The zero-order chi connectivity index (χ0) is 10.1. The third kappa shape index (κ3) is 2.36. The van der Waals surface area contributed by atoms with E-state index in [-0.39, 0.29) is 0 Å². The van der Waals surface area contributed by atoms with E-state index in [1.807, 2.05) is 14.0 Å². The molecular formula is C10H21N3. The van der Waals surface area contributed by atoms with Crippen molar-refractivity contribution in [2.45, 2.75) is 39.7 Å². The standard InChI is InChI=1S/C10H21N3/c1-5-12-9(11)13(4)8-6-10(2,3)7-8/h8H,5-7H2,1-4H3,(H2,11,12). The molecule has 0 spiro atoms. The van der Waals surface area contributed by atoms with Crippen molar-refractivity contribution in [3.8, 4) is 0 Å². The minimum atomic E-state index is 0.505. The summed E-state index contributed by atoms with van der Waals surface area (Å²) in [6.45, 7) is 7.37. The minimum absolute atomic E-state index is 0.505. The molecular weight excluding hydrogens is 162 g/mol. The van der Waals surface area contributed by atoms with Crippen LogP contribution < -0.4 is 5.73 Å². The summed E-state index contributed by atoms with van der Waals surface area (Å²) in [5.74, 6) is 0.683. The van der Waals surface area contributed by atoms with Crippen LogP contribution in [0.1, 0.15) is 33.6 Å². The van der Waals surface area contributed by atoms with Crippen molar-refractivity contribution in [2.75, 3.05) is 13.6 Å². The van der Waals surface area contributed by atoms with E-state index in [1.54, 1.807) is 0 Å². The van der Waals surface area contributed by atoms with E-state index in [0.29, 0.717) is 17.4 Å². The van der Waals surface area contributed by atoms with E-state index in [2.05, 4.69) is 23.7 Å². The Morgan fingerprint density at radius 2 is 2.08 bits per heavy atom. The molecule has 1 fully saturated rings. The van der Waals surface area contributed by atoms with Crippen LogP contribution in [0.4, 0.5) is 0 Å². The molecule has 0 aromatic rings. The Morgan fingerprint density at radius 1 is 1.54 bits per heavy atom. The lowest BCUT2D eigenvalue weighted by atomic mass is 9.68. The highest BCUT2D eigenvalue weighted by Gasteiger charge is 2.38. The predicted octanol–water partition coefficient (Wildman–Crippen LogP) is 1.44. The highest BCUT2D eigenvalue weighted by Crippen LogP contribution is 2.42. The lowest BCUT2D eigenvalue weighted by Gasteiger charge is -2.47. The maximum Gasteiger partial charge on any atom is 0.191 e. The van der Waals surface area contributed by atoms with Crippen LogP contribution in [0.25, 0.3) is 0 Å². The first-order valence-electron chi connectivity index (χ1n) is 4.99. The first-order valence-corrected chi connectivity index (χ1v) is 4.99. The summed E-state index contributed by atoms with van der Waals surface area (Å²) in [6.07, 6.45) is 2.45. The van der Waals surface area contributed by atoms with E-state index in [1.165, 1.54) is 12.8 Å². The topological polar surface area (TPSA) is 41.6 Å². The third-order valence-electron chi connectivity index (χ3n) is 2.81. The molecule has 3 heteroatoms. The zero-order valence-electron chi connectivity index (χ0n) is 9.17. The van der Waals surface area contributed by atoms with Crippen molar-refractivity contribution in [2.24, 2.45) is 16.1 Å². The Bertz CT molecular complexity index is 200. The van der Waals surface area contributed by atoms with Crippen molar-refractivity contribution in [1.82, 2.24) is 4.90 Å². The van der Waals surface area contributed by atoms with Gasteiger partial charge in [0, 0.05) is 19.6 Å². The van der Waals surface area contributed by atoms with E-state index in [9.17, 15) is 0 Å². The van der Waals surface area contributed by atoms with Crippen molar-refractivity contribution in [3.63, 3.8) is 0 Å². The van der Waals surface area contributed by atoms with E-state index >= 15 is 0 Å². The summed E-state index contributed by atoms with van der Waals surface area (Å²) < 4.78 is 0. The molecule has 1 saturated carbocycles. The smallest absolute Gasteiger partial charge is 0.191 e. The number of guanidine groups is 1. The van der Waals surface area contributed by atoms with E-state index < -0.39 is 0 Å². The van der Waals surface area contributed by atoms with Crippen LogP contribution in [0, 0.1) is 5.41 Å². The first-order chi connectivity index (χ1) is 5.96. The Morgan fingerprint density at radius 3 is 2.46 bits per heavy atom. The molecule has 13 heavy (non-hydrogen) atoms. The lowest BCUT2D eigenvalue weighted by molar-refractivity contribution is 0.0785. The number of hydrogen-bond donors (Lipinski definition) is 1. The maximum absolute atomic E-state index is 5.80. The maximum atomic E-state index is 5.80. The van der Waals surface area contributed by atoms with Crippen LogP contribution >= 0.6 is 0 Å². The second-order valence-electron chi connectivity index (χ2n) is 4.67. The van der Waals surface area contributed by atoms with Gasteiger partial charge < -0.3 is 10.6 Å². The molecule has 0 saturated heterocycles. The van der Waals surface area contributed by atoms with Gasteiger partial charge in [0.2, 0.25) is 0 Å². The van der Waals surface area contributed by atoms with Gasteiger partial charge in [0.1, 0.15) is 0 Å². The van der Waals surface area contributed by atoms with Crippen molar-refractivity contribution < 1.29 is 0 Å². The van der Waals surface area contributed by atoms with Crippen LogP contribution in [0.3, 0.4) is 0 Å². The molecule has 1 aliphatic rings. The molecule has 0 bridgehead atoms. The van der Waals surface area contributed by atoms with Gasteiger partial charge in [0.05, 0.1) is 0 Å². The molecule has 0 aromatic heterocycles. The molecule has 1 rings (SSSR count). The van der Waals surface area contributed by atoms with Gasteiger partial charge >= 0.3 is 0 Å². The van der Waals surface area contributed by atoms with Gasteiger partial charge in [0.25, 0.3) is 0 Å². The molecule has 0 amide bonds. The molecule has 0 aliphatic heterocycles. The van der Waals surface area contributed by atoms with Gasteiger partial charge in [0.15, 0.2) is 5.96 Å². The molecule has 0 heterocycles. The Hall–Kier alpha value is -0.730. The van der Waals surface area contributed by atoms with Gasteiger partial charge in [-0.1, -0.05) is 13.8 Å². The Kier molecular flexibility index (Phi) is 2.84. The van der Waals surface area contributed by atoms with Crippen LogP contribution in [-0.2, 0) is 0 Å². The summed E-state index contributed by atoms with van der Waals surface area (Å²) in [7, 11) is 2.04. The number of hydrogen-bond acceptors (Lipinski definition) is 1. The normalized spacial score (nSPS) is 22.6. The molecule has 0 radical (unpaired) electrons. The quantitative estimate of drug-likeness (QED) is 0.520. The number of nitrogens with two attached hydrogens (primary N) is 1. The largest absolute Gasteiger partial charge is 0.370 e. The van der Waals surface area contributed by atoms with Crippen molar-refractivity contribution in [3.05, 3.63) is 0 Å². The molecule has 1 aliphatic carbocycles. The fraction of sp³-hybridized carbons (Fsp3) is 0.900. The third-order valence-corrected chi connectivity index (χ3v) is 2.81. The summed E-state index contributed by atoms with van der Waals surface area (Å²) in [5, 5.41) is 0. The fourth-order valence-electron chi connectivity index (χ4n) is 1.95. The van der Waals surface area contributed by atoms with Gasteiger partial charge in [-0.05, 0) is 25.2 Å². The van der Waals surface area contributed by atoms with E-state index in [0.717, 1.165) is 6.54 Å². The predicted molar refractivity (Wildman–Crippen MR) is 56.7 cm³/mol. The second kappa shape index (κ2) is 3.56. The molecule has 76 valence electrons. The summed E-state index contributed by atoms with van der Waals surface area (Å²) in [5.41, 5.74) is 6.31. The highest BCUT2D eigenvalue weighted by atomic mass is 15.3. The molecule has 0 atom stereocenters. The highest BCUT2D eigenvalue weighted by molar-refractivity contribution is 5.78. The van der Waals surface area contributed by atoms with E-state index in [4.69, 9.17) is 5.73 Å². The van der Waals surface area contributed by atoms with Crippen molar-refractivity contribution >= 4 is 5.96 Å². The minimum Gasteiger partial charge on any atom is -0.370 e. The SMILES string of the molecule is CCN=C(N)N(C)C1CC(C)(C)C1. The van der Waals surface area contributed by atoms with Gasteiger partial charge in [-0.3, -0.25) is 4.99 Å². The Balaban J connectivity index is 2.43. The number of rotatable bonds is 2. The first kappa shape index (κ1) is 10.4. The molecule has 3 nitrogen and oxygen atoms in total.